The number of nitrogens with one attached hydrogen (secondary N) is 2. The maximum absolute atomic E-state index is 12.7. The van der Waals surface area contributed by atoms with E-state index in [2.05, 4.69) is 10.0 Å². The van der Waals surface area contributed by atoms with Gasteiger partial charge in [-0.3, -0.25) is 4.79 Å². The van der Waals surface area contributed by atoms with Crippen LogP contribution in [0.1, 0.15) is 39.7 Å². The number of ether oxygens (including phenoxy) is 1. The maximum atomic E-state index is 12.7. The first-order valence-electron chi connectivity index (χ1n) is 9.95. The highest BCUT2D eigenvalue weighted by Crippen LogP contribution is 2.17. The smallest absolute Gasteiger partial charge is 0.251 e. The van der Waals surface area contributed by atoms with Gasteiger partial charge in [0.05, 0.1) is 24.3 Å². The van der Waals surface area contributed by atoms with Crippen LogP contribution in [0.4, 0.5) is 0 Å². The Bertz CT molecular complexity index is 1110. The fourth-order valence-corrected chi connectivity index (χ4v) is 3.95. The first-order chi connectivity index (χ1) is 14.9. The zero-order chi connectivity index (χ0) is 22.3. The zero-order valence-electron chi connectivity index (χ0n) is 17.6. The van der Waals surface area contributed by atoms with Crippen molar-refractivity contribution in [3.63, 3.8) is 0 Å². The van der Waals surface area contributed by atoms with Crippen molar-refractivity contribution in [2.24, 2.45) is 0 Å². The molecule has 1 aromatic heterocycles. The normalized spacial score (nSPS) is 11.4. The molecule has 0 atom stereocenters. The molecule has 31 heavy (non-hydrogen) atoms. The van der Waals surface area contributed by atoms with E-state index in [4.69, 9.17) is 9.15 Å². The third-order valence-electron chi connectivity index (χ3n) is 4.73. The molecule has 0 bridgehead atoms. The molecular formula is C23H26N2O5S. The maximum Gasteiger partial charge on any atom is 0.251 e. The molecule has 2 N–H and O–H groups in total. The highest BCUT2D eigenvalue weighted by Gasteiger charge is 2.18. The number of carbonyl (C=O) groups excluding carboxylic acids is 1. The summed E-state index contributed by atoms with van der Waals surface area (Å²) in [4.78, 5) is 12.7. The first-order valence-corrected chi connectivity index (χ1v) is 11.4. The van der Waals surface area contributed by atoms with Crippen LogP contribution < -0.4 is 10.0 Å². The minimum atomic E-state index is -3.79. The predicted octanol–water partition coefficient (Wildman–Crippen LogP) is 3.53. The van der Waals surface area contributed by atoms with Crippen molar-refractivity contribution in [3.05, 3.63) is 88.9 Å². The van der Waals surface area contributed by atoms with E-state index >= 15 is 0 Å². The van der Waals surface area contributed by atoms with Gasteiger partial charge in [-0.25, -0.2) is 13.1 Å². The van der Waals surface area contributed by atoms with Crippen LogP contribution in [0.3, 0.4) is 0 Å². The summed E-state index contributed by atoms with van der Waals surface area (Å²) >= 11 is 0. The van der Waals surface area contributed by atoms with E-state index in [9.17, 15) is 13.2 Å². The summed E-state index contributed by atoms with van der Waals surface area (Å²) in [5.74, 6) is 0.167. The minimum Gasteiger partial charge on any atom is -0.468 e. The third-order valence-corrected chi connectivity index (χ3v) is 6.13. The third kappa shape index (κ3) is 6.27. The van der Waals surface area contributed by atoms with E-state index in [-0.39, 0.29) is 17.3 Å². The van der Waals surface area contributed by atoms with Crippen molar-refractivity contribution in [2.75, 3.05) is 6.61 Å². The fourth-order valence-electron chi connectivity index (χ4n) is 2.93. The Morgan fingerprint density at radius 2 is 1.77 bits per heavy atom. The lowest BCUT2D eigenvalue weighted by atomic mass is 10.1. The molecule has 7 nitrogen and oxygen atoms in total. The van der Waals surface area contributed by atoms with Gasteiger partial charge in [-0.2, -0.15) is 0 Å². The van der Waals surface area contributed by atoms with Gasteiger partial charge < -0.3 is 14.5 Å². The molecule has 3 rings (SSSR count). The van der Waals surface area contributed by atoms with Gasteiger partial charge in [0.2, 0.25) is 10.0 Å². The molecule has 0 aliphatic rings. The molecule has 0 saturated heterocycles. The lowest BCUT2D eigenvalue weighted by molar-refractivity contribution is 0.0950. The molecule has 0 unspecified atom stereocenters. The highest BCUT2D eigenvalue weighted by molar-refractivity contribution is 7.89. The van der Waals surface area contributed by atoms with E-state index in [1.807, 2.05) is 31.2 Å². The van der Waals surface area contributed by atoms with E-state index in [0.717, 1.165) is 11.1 Å². The summed E-state index contributed by atoms with van der Waals surface area (Å²) < 4.78 is 38.2. The Balaban J connectivity index is 1.65. The predicted molar refractivity (Wildman–Crippen MR) is 117 cm³/mol. The number of benzene rings is 2. The Morgan fingerprint density at radius 1 is 1.03 bits per heavy atom. The van der Waals surface area contributed by atoms with Crippen molar-refractivity contribution in [1.82, 2.24) is 10.0 Å². The summed E-state index contributed by atoms with van der Waals surface area (Å²) in [5.41, 5.74) is 3.01. The topological polar surface area (TPSA) is 97.6 Å². The molecule has 164 valence electrons. The number of hydrogen-bond donors (Lipinski definition) is 2. The average molecular weight is 443 g/mol. The second-order valence-electron chi connectivity index (χ2n) is 7.02. The van der Waals surface area contributed by atoms with Crippen LogP contribution in [0.2, 0.25) is 0 Å². The van der Waals surface area contributed by atoms with Crippen molar-refractivity contribution < 1.29 is 22.4 Å². The summed E-state index contributed by atoms with van der Waals surface area (Å²) in [7, 11) is -3.79. The lowest BCUT2D eigenvalue weighted by Crippen LogP contribution is -2.26. The highest BCUT2D eigenvalue weighted by atomic mass is 32.2. The number of aryl methyl sites for hydroxylation is 1. The van der Waals surface area contributed by atoms with Crippen LogP contribution in [0.25, 0.3) is 0 Å². The number of sulfonamides is 1. The number of amides is 1. The molecule has 1 heterocycles. The standard InChI is InChI=1S/C23H26N2O5S/c1-3-29-16-19-9-7-18(8-10-19)14-24-23(26)22-13-21(11-6-17(22)2)31(27,28)25-15-20-5-4-12-30-20/h4-13,25H,3,14-16H2,1-2H3,(H,24,26). The molecule has 0 fully saturated rings. The van der Waals surface area contributed by atoms with Gasteiger partial charge in [0, 0.05) is 18.7 Å². The molecule has 0 aliphatic heterocycles. The molecule has 0 aliphatic carbocycles. The van der Waals surface area contributed by atoms with Gasteiger partial charge >= 0.3 is 0 Å². The van der Waals surface area contributed by atoms with E-state index in [0.29, 0.717) is 36.6 Å². The van der Waals surface area contributed by atoms with Gasteiger partial charge in [-0.05, 0) is 54.8 Å². The molecule has 2 aromatic carbocycles. The number of rotatable bonds is 10. The number of hydrogen-bond acceptors (Lipinski definition) is 5. The van der Waals surface area contributed by atoms with Crippen molar-refractivity contribution in [3.8, 4) is 0 Å². The first kappa shape index (κ1) is 22.7. The van der Waals surface area contributed by atoms with Gasteiger partial charge in [0.1, 0.15) is 5.76 Å². The van der Waals surface area contributed by atoms with Gasteiger partial charge in [0.25, 0.3) is 5.91 Å². The van der Waals surface area contributed by atoms with Crippen molar-refractivity contribution >= 4 is 15.9 Å². The Kier molecular flexibility index (Phi) is 7.62. The van der Waals surface area contributed by atoms with Crippen LogP contribution in [0.5, 0.6) is 0 Å². The molecular weight excluding hydrogens is 416 g/mol. The SMILES string of the molecule is CCOCc1ccc(CNC(=O)c2cc(S(=O)(=O)NCc3ccco3)ccc2C)cc1. The van der Waals surface area contributed by atoms with Crippen LogP contribution in [-0.2, 0) is 34.5 Å². The van der Waals surface area contributed by atoms with Crippen LogP contribution >= 0.6 is 0 Å². The fraction of sp³-hybridized carbons (Fsp3) is 0.261. The molecule has 0 spiro atoms. The quantitative estimate of drug-likeness (QED) is 0.501. The Labute approximate surface area is 182 Å². The van der Waals surface area contributed by atoms with Crippen molar-refractivity contribution in [2.45, 2.75) is 38.4 Å². The second-order valence-corrected chi connectivity index (χ2v) is 8.78. The van der Waals surface area contributed by atoms with Crippen LogP contribution in [-0.4, -0.2) is 20.9 Å². The van der Waals surface area contributed by atoms with Gasteiger partial charge in [-0.15, -0.1) is 0 Å². The monoisotopic (exact) mass is 442 g/mol. The Hall–Kier alpha value is -2.94. The summed E-state index contributed by atoms with van der Waals surface area (Å²) in [6.45, 7) is 5.29. The van der Waals surface area contributed by atoms with Crippen molar-refractivity contribution in [1.29, 1.82) is 0 Å². The number of furan rings is 1. The Morgan fingerprint density at radius 3 is 2.45 bits per heavy atom. The molecule has 8 heteroatoms. The summed E-state index contributed by atoms with van der Waals surface area (Å²) in [5, 5.41) is 2.85. The average Bonchev–Trinajstić information content (AvgIpc) is 3.29. The molecule has 3 aromatic rings. The zero-order valence-corrected chi connectivity index (χ0v) is 18.4. The van der Waals surface area contributed by atoms with Crippen LogP contribution in [0.15, 0.2) is 70.2 Å². The lowest BCUT2D eigenvalue weighted by Gasteiger charge is -2.11. The minimum absolute atomic E-state index is 0.0232. The van der Waals surface area contributed by atoms with Crippen LogP contribution in [0, 0.1) is 6.92 Å². The largest absolute Gasteiger partial charge is 0.468 e. The summed E-state index contributed by atoms with van der Waals surface area (Å²) in [6, 6.07) is 15.6. The van der Waals surface area contributed by atoms with Gasteiger partial charge in [-0.1, -0.05) is 30.3 Å². The molecule has 1 amide bonds. The number of carbonyl (C=O) groups is 1. The molecule has 0 radical (unpaired) electrons. The van der Waals surface area contributed by atoms with E-state index in [1.54, 1.807) is 25.1 Å². The molecule has 0 saturated carbocycles. The van der Waals surface area contributed by atoms with E-state index in [1.165, 1.54) is 18.4 Å². The van der Waals surface area contributed by atoms with Gasteiger partial charge in [0.15, 0.2) is 0 Å². The van der Waals surface area contributed by atoms with E-state index < -0.39 is 10.0 Å². The second kappa shape index (κ2) is 10.4. The summed E-state index contributed by atoms with van der Waals surface area (Å²) in [6.07, 6.45) is 1.48.